The van der Waals surface area contributed by atoms with Gasteiger partial charge in [0.25, 0.3) is 0 Å². The van der Waals surface area contributed by atoms with Crippen molar-refractivity contribution in [2.24, 2.45) is 11.7 Å². The molecule has 0 spiro atoms. The van der Waals surface area contributed by atoms with Gasteiger partial charge in [-0.25, -0.2) is 0 Å². The van der Waals surface area contributed by atoms with Gasteiger partial charge in [0.05, 0.1) is 12.0 Å². The van der Waals surface area contributed by atoms with E-state index in [0.29, 0.717) is 0 Å². The molecule has 1 atom stereocenters. The van der Waals surface area contributed by atoms with Gasteiger partial charge in [0.2, 0.25) is 0 Å². The van der Waals surface area contributed by atoms with E-state index < -0.39 is 0 Å². The summed E-state index contributed by atoms with van der Waals surface area (Å²) in [7, 11) is 0. The van der Waals surface area contributed by atoms with Crippen molar-refractivity contribution in [1.29, 1.82) is 5.41 Å². The second-order valence-corrected chi connectivity index (χ2v) is 3.17. The zero-order valence-electron chi connectivity index (χ0n) is 6.71. The summed E-state index contributed by atoms with van der Waals surface area (Å²) in [5.74, 6) is 1.44. The molecule has 0 fully saturated rings. The number of fused-ring (bicyclic) bond motifs is 1. The summed E-state index contributed by atoms with van der Waals surface area (Å²) in [5, 5.41) is 11.0. The molecule has 0 amide bonds. The first-order chi connectivity index (χ1) is 5.77. The highest BCUT2D eigenvalue weighted by atomic mass is 16.5. The third-order valence-electron chi connectivity index (χ3n) is 2.36. The van der Waals surface area contributed by atoms with E-state index >= 15 is 0 Å². The first-order valence-electron chi connectivity index (χ1n) is 4.03. The minimum atomic E-state index is 0.192. The molecule has 4 nitrogen and oxygen atoms in total. The first kappa shape index (κ1) is 7.34. The van der Waals surface area contributed by atoms with E-state index in [-0.39, 0.29) is 11.8 Å². The molecular formula is C8H11N3O. The largest absolute Gasteiger partial charge is 0.387 e. The Morgan fingerprint density at radius 2 is 2.58 bits per heavy atom. The Labute approximate surface area is 70.2 Å². The van der Waals surface area contributed by atoms with Crippen molar-refractivity contribution in [3.8, 4) is 0 Å². The molecule has 4 heteroatoms. The molecule has 3 N–H and O–H groups in total. The van der Waals surface area contributed by atoms with Crippen LogP contribution in [-0.4, -0.2) is 11.0 Å². The van der Waals surface area contributed by atoms with Crippen molar-refractivity contribution < 1.29 is 4.52 Å². The van der Waals surface area contributed by atoms with Gasteiger partial charge in [-0.2, -0.15) is 0 Å². The van der Waals surface area contributed by atoms with Gasteiger partial charge in [-0.1, -0.05) is 5.16 Å². The average Bonchev–Trinajstić information content (AvgIpc) is 2.49. The van der Waals surface area contributed by atoms with E-state index in [9.17, 15) is 0 Å². The van der Waals surface area contributed by atoms with Crippen molar-refractivity contribution in [3.05, 3.63) is 17.5 Å². The molecule has 0 radical (unpaired) electrons. The van der Waals surface area contributed by atoms with Gasteiger partial charge < -0.3 is 10.3 Å². The van der Waals surface area contributed by atoms with E-state index in [4.69, 9.17) is 15.7 Å². The predicted octanol–water partition coefficient (Wildman–Crippen LogP) is 0.715. The molecule has 1 aliphatic carbocycles. The Kier molecular flexibility index (Phi) is 1.60. The number of hydrogen-bond donors (Lipinski definition) is 2. The number of aromatic nitrogens is 1. The topological polar surface area (TPSA) is 75.9 Å². The van der Waals surface area contributed by atoms with E-state index in [2.05, 4.69) is 5.16 Å². The lowest BCUT2D eigenvalue weighted by atomic mass is 9.88. The Morgan fingerprint density at radius 3 is 3.33 bits per heavy atom. The number of nitrogens with two attached hydrogens (primary N) is 1. The second kappa shape index (κ2) is 2.62. The van der Waals surface area contributed by atoms with Gasteiger partial charge in [-0.15, -0.1) is 0 Å². The molecule has 1 aromatic heterocycles. The molecule has 64 valence electrons. The number of aryl methyl sites for hydroxylation is 1. The summed E-state index contributed by atoms with van der Waals surface area (Å²) in [6, 6.07) is 0. The minimum absolute atomic E-state index is 0.192. The van der Waals surface area contributed by atoms with E-state index in [1.165, 1.54) is 0 Å². The smallest absolute Gasteiger partial charge is 0.139 e. The maximum atomic E-state index is 7.31. The van der Waals surface area contributed by atoms with Crippen LogP contribution in [0.1, 0.15) is 17.7 Å². The van der Waals surface area contributed by atoms with Crippen LogP contribution in [0, 0.1) is 11.3 Å². The fourth-order valence-corrected chi connectivity index (χ4v) is 1.60. The van der Waals surface area contributed by atoms with Gasteiger partial charge >= 0.3 is 0 Å². The van der Waals surface area contributed by atoms with Crippen LogP contribution in [0.15, 0.2) is 10.7 Å². The second-order valence-electron chi connectivity index (χ2n) is 3.17. The van der Waals surface area contributed by atoms with Crippen molar-refractivity contribution >= 4 is 5.84 Å². The lowest BCUT2D eigenvalue weighted by Crippen LogP contribution is -2.27. The summed E-state index contributed by atoms with van der Waals surface area (Å²) in [6.07, 6.45) is 4.32. The highest BCUT2D eigenvalue weighted by Crippen LogP contribution is 2.24. The summed E-state index contributed by atoms with van der Waals surface area (Å²) in [5.41, 5.74) is 6.54. The molecule has 0 aliphatic heterocycles. The monoisotopic (exact) mass is 165 g/mol. The zero-order valence-corrected chi connectivity index (χ0v) is 6.71. The van der Waals surface area contributed by atoms with Gasteiger partial charge in [0.1, 0.15) is 5.76 Å². The number of nitrogens with one attached hydrogen (secondary N) is 1. The third-order valence-corrected chi connectivity index (χ3v) is 2.36. The average molecular weight is 165 g/mol. The molecule has 0 bridgehead atoms. The highest BCUT2D eigenvalue weighted by Gasteiger charge is 2.23. The molecule has 0 saturated carbocycles. The Hall–Kier alpha value is -1.32. The molecule has 12 heavy (non-hydrogen) atoms. The number of hydrogen-bond acceptors (Lipinski definition) is 3. The van der Waals surface area contributed by atoms with Crippen molar-refractivity contribution in [2.45, 2.75) is 19.3 Å². The van der Waals surface area contributed by atoms with Gasteiger partial charge in [-0.05, 0) is 12.8 Å². The Balaban J connectivity index is 2.20. The Morgan fingerprint density at radius 1 is 1.75 bits per heavy atom. The third kappa shape index (κ3) is 1.09. The van der Waals surface area contributed by atoms with E-state index in [0.717, 1.165) is 30.6 Å². The normalized spacial score (nSPS) is 21.8. The van der Waals surface area contributed by atoms with Crippen LogP contribution in [-0.2, 0) is 12.8 Å². The molecule has 1 aromatic rings. The molecule has 2 rings (SSSR count). The van der Waals surface area contributed by atoms with Crippen LogP contribution in [0.4, 0.5) is 0 Å². The summed E-state index contributed by atoms with van der Waals surface area (Å²) < 4.78 is 5.02. The highest BCUT2D eigenvalue weighted by molar-refractivity contribution is 5.80. The van der Waals surface area contributed by atoms with Gasteiger partial charge in [0.15, 0.2) is 0 Å². The van der Waals surface area contributed by atoms with Crippen LogP contribution >= 0.6 is 0 Å². The van der Waals surface area contributed by atoms with E-state index in [1.54, 1.807) is 6.20 Å². The molecular weight excluding hydrogens is 154 g/mol. The van der Waals surface area contributed by atoms with Crippen LogP contribution in [0.5, 0.6) is 0 Å². The maximum Gasteiger partial charge on any atom is 0.139 e. The molecule has 1 aliphatic rings. The number of nitrogens with zero attached hydrogens (tertiary/aromatic N) is 1. The summed E-state index contributed by atoms with van der Waals surface area (Å²) in [6.45, 7) is 0. The van der Waals surface area contributed by atoms with Gasteiger partial charge in [0, 0.05) is 17.9 Å². The maximum absolute atomic E-state index is 7.31. The quantitative estimate of drug-likeness (QED) is 0.475. The number of rotatable bonds is 1. The lowest BCUT2D eigenvalue weighted by molar-refractivity contribution is 0.365. The van der Waals surface area contributed by atoms with Crippen molar-refractivity contribution in [1.82, 2.24) is 5.16 Å². The minimum Gasteiger partial charge on any atom is -0.387 e. The summed E-state index contributed by atoms with van der Waals surface area (Å²) in [4.78, 5) is 0. The summed E-state index contributed by atoms with van der Waals surface area (Å²) >= 11 is 0. The fourth-order valence-electron chi connectivity index (χ4n) is 1.60. The van der Waals surface area contributed by atoms with Crippen LogP contribution < -0.4 is 5.73 Å². The first-order valence-corrected chi connectivity index (χ1v) is 4.03. The zero-order chi connectivity index (χ0) is 8.55. The van der Waals surface area contributed by atoms with Crippen molar-refractivity contribution in [3.63, 3.8) is 0 Å². The van der Waals surface area contributed by atoms with E-state index in [1.807, 2.05) is 0 Å². The number of amidine groups is 1. The molecule has 0 saturated heterocycles. The lowest BCUT2D eigenvalue weighted by Gasteiger charge is -2.18. The van der Waals surface area contributed by atoms with Gasteiger partial charge in [-0.3, -0.25) is 5.41 Å². The van der Waals surface area contributed by atoms with Crippen molar-refractivity contribution in [2.75, 3.05) is 0 Å². The van der Waals surface area contributed by atoms with Crippen LogP contribution in [0.3, 0.4) is 0 Å². The molecule has 0 aromatic carbocycles. The van der Waals surface area contributed by atoms with Crippen LogP contribution in [0.2, 0.25) is 0 Å². The standard InChI is InChI=1S/C8H11N3O/c9-8(10)5-1-2-7-6(3-5)4-11-12-7/h4-5H,1-3H2,(H3,9,10)/t5-/m1/s1. The SMILES string of the molecule is N=C(N)[C@@H]1CCc2oncc2C1. The predicted molar refractivity (Wildman–Crippen MR) is 43.9 cm³/mol. The molecule has 1 heterocycles. The fraction of sp³-hybridized carbons (Fsp3) is 0.500. The van der Waals surface area contributed by atoms with Crippen LogP contribution in [0.25, 0.3) is 0 Å². The Bertz CT molecular complexity index is 305. The molecule has 0 unspecified atom stereocenters.